The Morgan fingerprint density at radius 3 is 2.62 bits per heavy atom. The zero-order valence-corrected chi connectivity index (χ0v) is 15.3. The van der Waals surface area contributed by atoms with E-state index in [1.807, 2.05) is 30.3 Å². The fraction of sp³-hybridized carbons (Fsp3) is 0.286. The molecule has 4 nitrogen and oxygen atoms in total. The van der Waals surface area contributed by atoms with Gasteiger partial charge in [-0.3, -0.25) is 10.00 Å². The second-order valence-corrected chi connectivity index (χ2v) is 7.37. The minimum Gasteiger partial charge on any atom is -0.385 e. The van der Waals surface area contributed by atoms with Crippen LogP contribution in [-0.4, -0.2) is 33.3 Å². The number of piperidine rings is 1. The Morgan fingerprint density at radius 2 is 1.88 bits per heavy atom. The van der Waals surface area contributed by atoms with Gasteiger partial charge in [-0.1, -0.05) is 48.0 Å². The second kappa shape index (κ2) is 7.23. The third-order valence-electron chi connectivity index (χ3n) is 5.20. The SMILES string of the molecule is OC1(c2ccccc2Cl)CCN(Cc2cccc(-c3ccn[nH]3)c2)CC1. The van der Waals surface area contributed by atoms with Crippen molar-refractivity contribution in [1.82, 2.24) is 15.1 Å². The summed E-state index contributed by atoms with van der Waals surface area (Å²) in [5.74, 6) is 0. The average Bonchev–Trinajstić information content (AvgIpc) is 3.19. The zero-order valence-electron chi connectivity index (χ0n) is 14.5. The predicted octanol–water partition coefficient (Wildman–Crippen LogP) is 4.21. The maximum absolute atomic E-state index is 11.1. The number of H-pyrrole nitrogens is 1. The number of nitrogens with zero attached hydrogens (tertiary/aromatic N) is 2. The molecular weight excluding hydrogens is 346 g/mol. The van der Waals surface area contributed by atoms with Gasteiger partial charge in [-0.25, -0.2) is 0 Å². The van der Waals surface area contributed by atoms with Crippen molar-refractivity contribution in [2.75, 3.05) is 13.1 Å². The molecule has 5 heteroatoms. The lowest BCUT2D eigenvalue weighted by molar-refractivity contribution is -0.0276. The van der Waals surface area contributed by atoms with E-state index in [0.717, 1.165) is 36.5 Å². The van der Waals surface area contributed by atoms with Crippen molar-refractivity contribution in [2.24, 2.45) is 0 Å². The normalized spacial score (nSPS) is 17.3. The van der Waals surface area contributed by atoms with Gasteiger partial charge in [0.25, 0.3) is 0 Å². The number of aromatic amines is 1. The van der Waals surface area contributed by atoms with E-state index in [4.69, 9.17) is 11.6 Å². The third kappa shape index (κ3) is 3.54. The van der Waals surface area contributed by atoms with E-state index in [2.05, 4.69) is 39.4 Å². The molecule has 0 spiro atoms. The molecule has 134 valence electrons. The van der Waals surface area contributed by atoms with Crippen LogP contribution in [0.1, 0.15) is 24.0 Å². The highest BCUT2D eigenvalue weighted by molar-refractivity contribution is 6.31. The van der Waals surface area contributed by atoms with Crippen LogP contribution in [0, 0.1) is 0 Å². The molecule has 1 aliphatic rings. The summed E-state index contributed by atoms with van der Waals surface area (Å²) >= 11 is 6.30. The molecule has 26 heavy (non-hydrogen) atoms. The number of hydrogen-bond acceptors (Lipinski definition) is 3. The number of nitrogens with one attached hydrogen (secondary N) is 1. The summed E-state index contributed by atoms with van der Waals surface area (Å²) in [6.45, 7) is 2.56. The molecule has 0 atom stereocenters. The summed E-state index contributed by atoms with van der Waals surface area (Å²) in [6.07, 6.45) is 3.15. The van der Waals surface area contributed by atoms with Gasteiger partial charge in [0.2, 0.25) is 0 Å². The van der Waals surface area contributed by atoms with Crippen LogP contribution >= 0.6 is 11.6 Å². The largest absolute Gasteiger partial charge is 0.385 e. The number of aromatic nitrogens is 2. The molecule has 0 radical (unpaired) electrons. The van der Waals surface area contributed by atoms with Gasteiger partial charge in [0.15, 0.2) is 0 Å². The topological polar surface area (TPSA) is 52.1 Å². The van der Waals surface area contributed by atoms with Crippen LogP contribution in [0.25, 0.3) is 11.3 Å². The van der Waals surface area contributed by atoms with E-state index in [-0.39, 0.29) is 0 Å². The van der Waals surface area contributed by atoms with Gasteiger partial charge in [0.1, 0.15) is 0 Å². The van der Waals surface area contributed by atoms with Crippen molar-refractivity contribution in [3.8, 4) is 11.3 Å². The van der Waals surface area contributed by atoms with E-state index in [9.17, 15) is 5.11 Å². The highest BCUT2D eigenvalue weighted by Gasteiger charge is 2.35. The van der Waals surface area contributed by atoms with Crippen molar-refractivity contribution >= 4 is 11.6 Å². The molecule has 1 saturated heterocycles. The molecule has 1 fully saturated rings. The van der Waals surface area contributed by atoms with Gasteiger partial charge in [-0.15, -0.1) is 0 Å². The van der Waals surface area contributed by atoms with Crippen molar-refractivity contribution in [3.63, 3.8) is 0 Å². The van der Waals surface area contributed by atoms with E-state index >= 15 is 0 Å². The summed E-state index contributed by atoms with van der Waals surface area (Å²) < 4.78 is 0. The molecule has 2 N–H and O–H groups in total. The quantitative estimate of drug-likeness (QED) is 0.726. The predicted molar refractivity (Wildman–Crippen MR) is 104 cm³/mol. The van der Waals surface area contributed by atoms with Crippen LogP contribution in [0.4, 0.5) is 0 Å². The van der Waals surface area contributed by atoms with Gasteiger partial charge < -0.3 is 5.11 Å². The Morgan fingerprint density at radius 1 is 1.08 bits per heavy atom. The van der Waals surface area contributed by atoms with Crippen molar-refractivity contribution in [3.05, 3.63) is 76.9 Å². The van der Waals surface area contributed by atoms with Gasteiger partial charge in [-0.2, -0.15) is 5.10 Å². The fourth-order valence-corrected chi connectivity index (χ4v) is 4.01. The Hall–Kier alpha value is -2.14. The van der Waals surface area contributed by atoms with Gasteiger partial charge >= 0.3 is 0 Å². The highest BCUT2D eigenvalue weighted by Crippen LogP contribution is 2.37. The van der Waals surface area contributed by atoms with Gasteiger partial charge in [0, 0.05) is 36.4 Å². The van der Waals surface area contributed by atoms with Gasteiger partial charge in [0.05, 0.1) is 11.3 Å². The molecule has 4 rings (SSSR count). The molecule has 0 bridgehead atoms. The van der Waals surface area contributed by atoms with E-state index in [1.165, 1.54) is 5.56 Å². The molecule has 0 amide bonds. The van der Waals surface area contributed by atoms with E-state index in [0.29, 0.717) is 17.9 Å². The number of aliphatic hydroxyl groups is 1. The fourth-order valence-electron chi connectivity index (χ4n) is 3.70. The first kappa shape index (κ1) is 17.3. The average molecular weight is 368 g/mol. The standard InChI is InChI=1S/C21H22ClN3O/c22-19-7-2-1-6-18(19)21(26)9-12-25(13-10-21)15-16-4-3-5-17(14-16)20-8-11-23-24-20/h1-8,11,14,26H,9-10,12-13,15H2,(H,23,24). The first-order valence-electron chi connectivity index (χ1n) is 8.92. The van der Waals surface area contributed by atoms with Crippen molar-refractivity contribution < 1.29 is 5.11 Å². The van der Waals surface area contributed by atoms with Crippen LogP contribution in [0.15, 0.2) is 60.8 Å². The smallest absolute Gasteiger partial charge is 0.0935 e. The summed E-state index contributed by atoms with van der Waals surface area (Å²) in [6, 6.07) is 18.1. The number of halogens is 1. The molecule has 0 aliphatic carbocycles. The van der Waals surface area contributed by atoms with Gasteiger partial charge in [-0.05, 0) is 42.2 Å². The maximum atomic E-state index is 11.1. The number of benzene rings is 2. The van der Waals surface area contributed by atoms with Crippen LogP contribution in [-0.2, 0) is 12.1 Å². The second-order valence-electron chi connectivity index (χ2n) is 6.96. The Kier molecular flexibility index (Phi) is 4.81. The first-order valence-corrected chi connectivity index (χ1v) is 9.30. The third-order valence-corrected chi connectivity index (χ3v) is 5.53. The number of likely N-dealkylation sites (tertiary alicyclic amines) is 1. The first-order chi connectivity index (χ1) is 12.6. The Labute approximate surface area is 158 Å². The van der Waals surface area contributed by atoms with Crippen LogP contribution in [0.2, 0.25) is 5.02 Å². The summed E-state index contributed by atoms with van der Waals surface area (Å²) in [7, 11) is 0. The molecule has 3 aromatic rings. The molecule has 1 aliphatic heterocycles. The van der Waals surface area contributed by atoms with Crippen LogP contribution in [0.3, 0.4) is 0 Å². The van der Waals surface area contributed by atoms with E-state index in [1.54, 1.807) is 6.20 Å². The monoisotopic (exact) mass is 367 g/mol. The zero-order chi connectivity index (χ0) is 18.0. The van der Waals surface area contributed by atoms with Crippen molar-refractivity contribution in [1.29, 1.82) is 0 Å². The minimum atomic E-state index is -0.827. The lowest BCUT2D eigenvalue weighted by Gasteiger charge is -2.39. The Bertz CT molecular complexity index is 870. The molecule has 1 aromatic heterocycles. The van der Waals surface area contributed by atoms with Crippen molar-refractivity contribution in [2.45, 2.75) is 25.0 Å². The summed E-state index contributed by atoms with van der Waals surface area (Å²) in [5, 5.41) is 18.7. The number of hydrogen-bond donors (Lipinski definition) is 2. The van der Waals surface area contributed by atoms with Crippen LogP contribution < -0.4 is 0 Å². The Balaban J connectivity index is 1.43. The summed E-state index contributed by atoms with van der Waals surface area (Å²) in [5.41, 5.74) is 3.46. The lowest BCUT2D eigenvalue weighted by atomic mass is 9.84. The van der Waals surface area contributed by atoms with Crippen LogP contribution in [0.5, 0.6) is 0 Å². The molecule has 0 saturated carbocycles. The van der Waals surface area contributed by atoms with E-state index < -0.39 is 5.60 Å². The number of rotatable bonds is 4. The molecule has 0 unspecified atom stereocenters. The molecule has 2 heterocycles. The summed E-state index contributed by atoms with van der Waals surface area (Å²) in [4.78, 5) is 2.39. The lowest BCUT2D eigenvalue weighted by Crippen LogP contribution is -2.42. The highest BCUT2D eigenvalue weighted by atomic mass is 35.5. The minimum absolute atomic E-state index is 0.649. The molecular formula is C21H22ClN3O. The molecule has 2 aromatic carbocycles. The maximum Gasteiger partial charge on any atom is 0.0935 e.